The zero-order valence-electron chi connectivity index (χ0n) is 8.93. The van der Waals surface area contributed by atoms with Crippen LogP contribution in [0, 0.1) is 6.92 Å². The molecule has 4 heteroatoms. The van der Waals surface area contributed by atoms with E-state index in [1.54, 1.807) is 12.1 Å². The van der Waals surface area contributed by atoms with Crippen molar-refractivity contribution in [2.24, 2.45) is 0 Å². The first-order valence-corrected chi connectivity index (χ1v) is 5.28. The van der Waals surface area contributed by atoms with Gasteiger partial charge in [0, 0.05) is 12.2 Å². The molecule has 0 aromatic heterocycles. The van der Waals surface area contributed by atoms with Crippen LogP contribution in [0.2, 0.25) is 5.02 Å². The average Bonchev–Trinajstić information content (AvgIpc) is 2.21. The molecule has 82 valence electrons. The first-order valence-electron chi connectivity index (χ1n) is 4.90. The fourth-order valence-corrected chi connectivity index (χ4v) is 1.51. The number of nitrogen functional groups attached to an aromatic ring is 1. The van der Waals surface area contributed by atoms with E-state index in [2.05, 4.69) is 5.32 Å². The summed E-state index contributed by atoms with van der Waals surface area (Å²) >= 11 is 6.03. The Balaban J connectivity index is 3.02. The number of hydrogen-bond donors (Lipinski definition) is 2. The van der Waals surface area contributed by atoms with Gasteiger partial charge in [0.1, 0.15) is 0 Å². The molecule has 0 spiro atoms. The largest absolute Gasteiger partial charge is 0.398 e. The molecule has 1 aromatic rings. The number of rotatable bonds is 3. The van der Waals surface area contributed by atoms with Crippen LogP contribution in [0.4, 0.5) is 5.69 Å². The molecule has 3 nitrogen and oxygen atoms in total. The van der Waals surface area contributed by atoms with E-state index in [0.29, 0.717) is 22.8 Å². The molecular formula is C11H15ClN2O. The van der Waals surface area contributed by atoms with Gasteiger partial charge in [-0.1, -0.05) is 24.6 Å². The van der Waals surface area contributed by atoms with Gasteiger partial charge >= 0.3 is 0 Å². The Morgan fingerprint density at radius 3 is 2.80 bits per heavy atom. The molecule has 0 unspecified atom stereocenters. The summed E-state index contributed by atoms with van der Waals surface area (Å²) < 4.78 is 0. The van der Waals surface area contributed by atoms with E-state index in [4.69, 9.17) is 17.3 Å². The molecule has 1 amide bonds. The smallest absolute Gasteiger partial charge is 0.254 e. The summed E-state index contributed by atoms with van der Waals surface area (Å²) in [5.41, 5.74) is 7.37. The SMILES string of the molecule is CCCNC(=O)c1c(N)ccc(C)c1Cl. The van der Waals surface area contributed by atoms with Crippen molar-refractivity contribution in [1.29, 1.82) is 0 Å². The van der Waals surface area contributed by atoms with Gasteiger partial charge in [-0.2, -0.15) is 0 Å². The van der Waals surface area contributed by atoms with E-state index < -0.39 is 0 Å². The van der Waals surface area contributed by atoms with Crippen LogP contribution in [0.1, 0.15) is 29.3 Å². The van der Waals surface area contributed by atoms with E-state index in [1.165, 1.54) is 0 Å². The molecule has 0 atom stereocenters. The van der Waals surface area contributed by atoms with Crippen LogP contribution in [0.25, 0.3) is 0 Å². The third kappa shape index (κ3) is 2.63. The lowest BCUT2D eigenvalue weighted by molar-refractivity contribution is 0.0954. The minimum absolute atomic E-state index is 0.206. The fraction of sp³-hybridized carbons (Fsp3) is 0.364. The summed E-state index contributed by atoms with van der Waals surface area (Å²) in [5, 5.41) is 3.19. The van der Waals surface area contributed by atoms with Gasteiger partial charge in [0.15, 0.2) is 0 Å². The zero-order chi connectivity index (χ0) is 11.4. The lowest BCUT2D eigenvalue weighted by atomic mass is 10.1. The standard InChI is InChI=1S/C11H15ClN2O/c1-3-6-14-11(15)9-8(13)5-4-7(2)10(9)12/h4-5H,3,6,13H2,1-2H3,(H,14,15). The first kappa shape index (κ1) is 11.9. The highest BCUT2D eigenvalue weighted by atomic mass is 35.5. The van der Waals surface area contributed by atoms with Crippen LogP contribution >= 0.6 is 11.6 Å². The third-order valence-corrected chi connectivity index (χ3v) is 2.62. The van der Waals surface area contributed by atoms with Crippen LogP contribution in [-0.2, 0) is 0 Å². The molecule has 0 saturated carbocycles. The number of carbonyl (C=O) groups is 1. The molecule has 0 heterocycles. The van der Waals surface area contributed by atoms with E-state index in [9.17, 15) is 4.79 Å². The number of carbonyl (C=O) groups excluding carboxylic acids is 1. The van der Waals surface area contributed by atoms with Gasteiger partial charge in [0.25, 0.3) is 5.91 Å². The molecule has 1 rings (SSSR count). The normalized spacial score (nSPS) is 10.1. The molecule has 0 fully saturated rings. The molecule has 0 radical (unpaired) electrons. The Bertz CT molecular complexity index is 377. The van der Waals surface area contributed by atoms with Crippen LogP contribution in [0.3, 0.4) is 0 Å². The molecule has 0 saturated heterocycles. The Kier molecular flexibility index (Phi) is 3.97. The van der Waals surface area contributed by atoms with E-state index >= 15 is 0 Å². The summed E-state index contributed by atoms with van der Waals surface area (Å²) in [4.78, 5) is 11.7. The second kappa shape index (κ2) is 5.03. The second-order valence-corrected chi connectivity index (χ2v) is 3.79. The summed E-state index contributed by atoms with van der Waals surface area (Å²) in [6.07, 6.45) is 0.884. The molecule has 3 N–H and O–H groups in total. The van der Waals surface area contributed by atoms with Crippen LogP contribution in [0.15, 0.2) is 12.1 Å². The summed E-state index contributed by atoms with van der Waals surface area (Å²) in [7, 11) is 0. The van der Waals surface area contributed by atoms with Crippen molar-refractivity contribution < 1.29 is 4.79 Å². The molecule has 0 aliphatic carbocycles. The first-order chi connectivity index (χ1) is 7.07. The molecule has 1 aromatic carbocycles. The Hall–Kier alpha value is -1.22. The van der Waals surface area contributed by atoms with Crippen LogP contribution < -0.4 is 11.1 Å². The summed E-state index contributed by atoms with van der Waals surface area (Å²) in [6.45, 7) is 4.46. The Morgan fingerprint density at radius 2 is 2.20 bits per heavy atom. The molecule has 15 heavy (non-hydrogen) atoms. The van der Waals surface area contributed by atoms with Gasteiger partial charge in [0.2, 0.25) is 0 Å². The second-order valence-electron chi connectivity index (χ2n) is 3.42. The lowest BCUT2D eigenvalue weighted by Gasteiger charge is -2.10. The minimum atomic E-state index is -0.206. The van der Waals surface area contributed by atoms with Crippen molar-refractivity contribution in [1.82, 2.24) is 5.32 Å². The number of nitrogens with one attached hydrogen (secondary N) is 1. The fourth-order valence-electron chi connectivity index (χ4n) is 1.25. The highest BCUT2D eigenvalue weighted by Crippen LogP contribution is 2.25. The molecule has 0 aliphatic rings. The Morgan fingerprint density at radius 1 is 1.53 bits per heavy atom. The van der Waals surface area contributed by atoms with Crippen molar-refractivity contribution >= 4 is 23.2 Å². The van der Waals surface area contributed by atoms with Gasteiger partial charge in [-0.3, -0.25) is 4.79 Å². The number of anilines is 1. The highest BCUT2D eigenvalue weighted by molar-refractivity contribution is 6.35. The van der Waals surface area contributed by atoms with Crippen LogP contribution in [0.5, 0.6) is 0 Å². The van der Waals surface area contributed by atoms with Gasteiger partial charge in [-0.15, -0.1) is 0 Å². The van der Waals surface area contributed by atoms with Crippen molar-refractivity contribution in [2.75, 3.05) is 12.3 Å². The third-order valence-electron chi connectivity index (χ3n) is 2.13. The quantitative estimate of drug-likeness (QED) is 0.778. The molecule has 0 aliphatic heterocycles. The maximum Gasteiger partial charge on any atom is 0.254 e. The molecular weight excluding hydrogens is 212 g/mol. The maximum absolute atomic E-state index is 11.7. The number of benzene rings is 1. The van der Waals surface area contributed by atoms with E-state index in [0.717, 1.165) is 12.0 Å². The van der Waals surface area contributed by atoms with Crippen molar-refractivity contribution in [3.63, 3.8) is 0 Å². The van der Waals surface area contributed by atoms with Gasteiger partial charge in [0.05, 0.1) is 10.6 Å². The topological polar surface area (TPSA) is 55.1 Å². The maximum atomic E-state index is 11.7. The zero-order valence-corrected chi connectivity index (χ0v) is 9.69. The minimum Gasteiger partial charge on any atom is -0.398 e. The van der Waals surface area contributed by atoms with Crippen LogP contribution in [-0.4, -0.2) is 12.5 Å². The van der Waals surface area contributed by atoms with Crippen molar-refractivity contribution in [3.05, 3.63) is 28.3 Å². The summed E-state index contributed by atoms with van der Waals surface area (Å²) in [5.74, 6) is -0.206. The predicted molar refractivity (Wildman–Crippen MR) is 63.2 cm³/mol. The van der Waals surface area contributed by atoms with E-state index in [1.807, 2.05) is 13.8 Å². The highest BCUT2D eigenvalue weighted by Gasteiger charge is 2.14. The lowest BCUT2D eigenvalue weighted by Crippen LogP contribution is -2.25. The number of nitrogens with two attached hydrogens (primary N) is 1. The van der Waals surface area contributed by atoms with Gasteiger partial charge in [-0.25, -0.2) is 0 Å². The molecule has 0 bridgehead atoms. The number of aryl methyl sites for hydroxylation is 1. The van der Waals surface area contributed by atoms with E-state index in [-0.39, 0.29) is 5.91 Å². The van der Waals surface area contributed by atoms with Gasteiger partial charge < -0.3 is 11.1 Å². The number of amides is 1. The van der Waals surface area contributed by atoms with Crippen molar-refractivity contribution in [3.8, 4) is 0 Å². The average molecular weight is 227 g/mol. The number of halogens is 1. The van der Waals surface area contributed by atoms with Crippen molar-refractivity contribution in [2.45, 2.75) is 20.3 Å². The Labute approximate surface area is 94.6 Å². The monoisotopic (exact) mass is 226 g/mol. The predicted octanol–water partition coefficient (Wildman–Crippen LogP) is 2.37. The number of hydrogen-bond acceptors (Lipinski definition) is 2. The van der Waals surface area contributed by atoms with Gasteiger partial charge in [-0.05, 0) is 25.0 Å². The summed E-state index contributed by atoms with van der Waals surface area (Å²) in [6, 6.07) is 3.50.